The number of carbonyl (C=O) groups excluding carboxylic acids is 3. The number of carbonyl (C=O) groups is 3. The molecule has 4 rings (SSSR count). The molecule has 0 radical (unpaired) electrons. The van der Waals surface area contributed by atoms with Gasteiger partial charge in [0.15, 0.2) is 0 Å². The highest BCUT2D eigenvalue weighted by molar-refractivity contribution is 7.89. The summed E-state index contributed by atoms with van der Waals surface area (Å²) >= 11 is 0. The minimum Gasteiger partial charge on any atom is -0.497 e. The summed E-state index contributed by atoms with van der Waals surface area (Å²) in [6.07, 6.45) is -0.505. The van der Waals surface area contributed by atoms with Crippen molar-refractivity contribution >= 4 is 38.6 Å². The molecule has 0 saturated heterocycles. The summed E-state index contributed by atoms with van der Waals surface area (Å²) in [7, 11) is -2.73. The number of ether oxygens (including phenoxy) is 1. The van der Waals surface area contributed by atoms with E-state index in [1.807, 2.05) is 30.3 Å². The Kier molecular flexibility index (Phi) is 8.72. The Hall–Kier alpha value is -4.81. The highest BCUT2D eigenvalue weighted by Crippen LogP contribution is 2.24. The highest BCUT2D eigenvalue weighted by atomic mass is 32.2. The third kappa shape index (κ3) is 6.79. The van der Waals surface area contributed by atoms with Gasteiger partial charge in [0.05, 0.1) is 28.8 Å². The van der Waals surface area contributed by atoms with Crippen molar-refractivity contribution in [2.75, 3.05) is 7.11 Å². The van der Waals surface area contributed by atoms with Gasteiger partial charge in [-0.05, 0) is 42.8 Å². The summed E-state index contributed by atoms with van der Waals surface area (Å²) in [5, 5.41) is 0.555. The molecule has 0 aliphatic heterocycles. The SMILES string of the molecule is COc1ccc(S(=O)(=O)N[C@@H](CCC(N)=O)C(=O)NNC(=O)c2cc(-c3ccccc3)nc3ccccc23)cc1. The lowest BCUT2D eigenvalue weighted by Crippen LogP contribution is -2.52. The normalized spacial score (nSPS) is 11.9. The monoisotopic (exact) mass is 561 g/mol. The molecule has 0 bridgehead atoms. The van der Waals surface area contributed by atoms with Crippen molar-refractivity contribution in [1.29, 1.82) is 0 Å². The van der Waals surface area contributed by atoms with Crippen LogP contribution in [-0.2, 0) is 19.6 Å². The van der Waals surface area contributed by atoms with E-state index in [0.717, 1.165) is 5.56 Å². The Labute approximate surface area is 230 Å². The van der Waals surface area contributed by atoms with Crippen LogP contribution in [0, 0.1) is 0 Å². The van der Waals surface area contributed by atoms with Crippen LogP contribution in [0.5, 0.6) is 5.75 Å². The predicted octanol–water partition coefficient (Wildman–Crippen LogP) is 2.28. The molecule has 0 aliphatic carbocycles. The summed E-state index contributed by atoms with van der Waals surface area (Å²) in [6.45, 7) is 0. The number of hydrazine groups is 1. The fourth-order valence-corrected chi connectivity index (χ4v) is 5.16. The maximum atomic E-state index is 13.2. The van der Waals surface area contributed by atoms with Crippen molar-refractivity contribution in [3.63, 3.8) is 0 Å². The Bertz CT molecular complexity index is 1640. The first-order valence-corrected chi connectivity index (χ1v) is 13.7. The number of methoxy groups -OCH3 is 1. The van der Waals surface area contributed by atoms with Crippen LogP contribution >= 0.6 is 0 Å². The van der Waals surface area contributed by atoms with Gasteiger partial charge >= 0.3 is 0 Å². The number of sulfonamides is 1. The molecule has 5 N–H and O–H groups in total. The van der Waals surface area contributed by atoms with E-state index in [4.69, 9.17) is 10.5 Å². The summed E-state index contributed by atoms with van der Waals surface area (Å²) in [5.41, 5.74) is 12.0. The third-order valence-electron chi connectivity index (χ3n) is 5.99. The fourth-order valence-electron chi connectivity index (χ4n) is 3.93. The maximum absolute atomic E-state index is 13.2. The number of nitrogens with one attached hydrogen (secondary N) is 3. The van der Waals surface area contributed by atoms with Crippen LogP contribution in [-0.4, -0.2) is 44.3 Å². The Morgan fingerprint density at radius 3 is 2.27 bits per heavy atom. The van der Waals surface area contributed by atoms with E-state index in [1.165, 1.54) is 31.4 Å². The molecule has 0 aliphatic rings. The van der Waals surface area contributed by atoms with Crippen LogP contribution in [0.1, 0.15) is 23.2 Å². The Morgan fingerprint density at radius 1 is 0.925 bits per heavy atom. The molecular weight excluding hydrogens is 534 g/mol. The summed E-state index contributed by atoms with van der Waals surface area (Å²) in [4.78, 5) is 42.1. The van der Waals surface area contributed by atoms with Crippen molar-refractivity contribution in [3.05, 3.63) is 90.5 Å². The van der Waals surface area contributed by atoms with Crippen LogP contribution in [0.2, 0.25) is 0 Å². The van der Waals surface area contributed by atoms with Crippen molar-refractivity contribution in [2.45, 2.75) is 23.8 Å². The molecule has 1 atom stereocenters. The molecule has 11 nitrogen and oxygen atoms in total. The fraction of sp³-hybridized carbons (Fsp3) is 0.143. The Morgan fingerprint density at radius 2 is 1.60 bits per heavy atom. The smallest absolute Gasteiger partial charge is 0.270 e. The molecule has 12 heteroatoms. The van der Waals surface area contributed by atoms with Gasteiger partial charge in [-0.15, -0.1) is 0 Å². The molecule has 0 unspecified atom stereocenters. The average molecular weight is 562 g/mol. The zero-order chi connectivity index (χ0) is 28.7. The van der Waals surface area contributed by atoms with Gasteiger partial charge in [-0.1, -0.05) is 48.5 Å². The first kappa shape index (κ1) is 28.2. The molecule has 0 fully saturated rings. The number of hydrogen-bond donors (Lipinski definition) is 4. The van der Waals surface area contributed by atoms with Crippen LogP contribution in [0.4, 0.5) is 0 Å². The lowest BCUT2D eigenvalue weighted by molar-refractivity contribution is -0.124. The van der Waals surface area contributed by atoms with Gasteiger partial charge < -0.3 is 10.5 Å². The second-order valence-electron chi connectivity index (χ2n) is 8.74. The molecule has 1 heterocycles. The number of aromatic nitrogens is 1. The van der Waals surface area contributed by atoms with Gasteiger partial charge in [0.2, 0.25) is 15.9 Å². The second kappa shape index (κ2) is 12.4. The molecule has 0 spiro atoms. The number of para-hydroxylation sites is 1. The van der Waals surface area contributed by atoms with Crippen LogP contribution in [0.15, 0.2) is 89.8 Å². The van der Waals surface area contributed by atoms with E-state index in [0.29, 0.717) is 22.3 Å². The largest absolute Gasteiger partial charge is 0.497 e. The van der Waals surface area contributed by atoms with E-state index < -0.39 is 33.8 Å². The quantitative estimate of drug-likeness (QED) is 0.215. The summed E-state index contributed by atoms with van der Waals surface area (Å²) in [5.74, 6) is -1.80. The molecule has 1 aromatic heterocycles. The molecule has 3 aromatic carbocycles. The third-order valence-corrected chi connectivity index (χ3v) is 7.48. The lowest BCUT2D eigenvalue weighted by atomic mass is 10.0. The molecule has 206 valence electrons. The van der Waals surface area contributed by atoms with Crippen LogP contribution in [0.25, 0.3) is 22.2 Å². The molecular formula is C28H27N5O6S. The number of benzene rings is 3. The van der Waals surface area contributed by atoms with Gasteiger partial charge in [0.25, 0.3) is 11.8 Å². The molecule has 0 saturated carbocycles. The van der Waals surface area contributed by atoms with Crippen molar-refractivity contribution in [2.24, 2.45) is 5.73 Å². The zero-order valence-corrected chi connectivity index (χ0v) is 22.3. The first-order chi connectivity index (χ1) is 19.2. The first-order valence-electron chi connectivity index (χ1n) is 12.2. The van der Waals surface area contributed by atoms with E-state index in [1.54, 1.807) is 30.3 Å². The summed E-state index contributed by atoms with van der Waals surface area (Å²) in [6, 6.07) is 22.1. The molecule has 4 aromatic rings. The van der Waals surface area contributed by atoms with Gasteiger partial charge in [0, 0.05) is 17.4 Å². The van der Waals surface area contributed by atoms with E-state index in [-0.39, 0.29) is 23.3 Å². The van der Waals surface area contributed by atoms with Crippen LogP contribution in [0.3, 0.4) is 0 Å². The van der Waals surface area contributed by atoms with Gasteiger partial charge in [-0.2, -0.15) is 4.72 Å². The highest BCUT2D eigenvalue weighted by Gasteiger charge is 2.27. The van der Waals surface area contributed by atoms with Crippen molar-refractivity contribution in [1.82, 2.24) is 20.6 Å². The number of rotatable bonds is 10. The van der Waals surface area contributed by atoms with Crippen LogP contribution < -0.4 is 26.0 Å². The average Bonchev–Trinajstić information content (AvgIpc) is 2.97. The van der Waals surface area contributed by atoms with E-state index in [9.17, 15) is 22.8 Å². The van der Waals surface area contributed by atoms with E-state index >= 15 is 0 Å². The van der Waals surface area contributed by atoms with Gasteiger partial charge in [-0.25, -0.2) is 13.4 Å². The standard InChI is InChI=1S/C28H27N5O6S/c1-39-19-11-13-20(14-12-19)40(37,38)33-24(15-16-26(29)34)28(36)32-31-27(35)22-17-25(18-7-3-2-4-8-18)30-23-10-6-5-9-21(22)23/h2-14,17,24,33H,15-16H2,1H3,(H2,29,34)(H,31,35)(H,32,36)/t24-/m0/s1. The van der Waals surface area contributed by atoms with Crippen molar-refractivity contribution < 1.29 is 27.5 Å². The zero-order valence-electron chi connectivity index (χ0n) is 21.5. The maximum Gasteiger partial charge on any atom is 0.270 e. The predicted molar refractivity (Wildman–Crippen MR) is 148 cm³/mol. The number of pyridine rings is 1. The number of nitrogens with zero attached hydrogens (tertiary/aromatic N) is 1. The number of amides is 3. The second-order valence-corrected chi connectivity index (χ2v) is 10.4. The summed E-state index contributed by atoms with van der Waals surface area (Å²) < 4.78 is 33.2. The minimum absolute atomic E-state index is 0.120. The molecule has 40 heavy (non-hydrogen) atoms. The minimum atomic E-state index is -4.17. The van der Waals surface area contributed by atoms with Gasteiger partial charge in [0.1, 0.15) is 11.8 Å². The number of primary amides is 1. The van der Waals surface area contributed by atoms with Gasteiger partial charge in [-0.3, -0.25) is 25.2 Å². The Balaban J connectivity index is 1.54. The number of nitrogens with two attached hydrogens (primary N) is 1. The number of hydrogen-bond acceptors (Lipinski definition) is 7. The number of fused-ring (bicyclic) bond motifs is 1. The lowest BCUT2D eigenvalue weighted by Gasteiger charge is -2.19. The molecule has 3 amide bonds. The van der Waals surface area contributed by atoms with E-state index in [2.05, 4.69) is 20.6 Å². The van der Waals surface area contributed by atoms with Crippen molar-refractivity contribution in [3.8, 4) is 17.0 Å². The topological polar surface area (TPSA) is 170 Å².